The third-order valence-electron chi connectivity index (χ3n) is 4.90. The first-order valence-corrected chi connectivity index (χ1v) is 10.5. The van der Waals surface area contributed by atoms with Crippen LogP contribution in [0.4, 0.5) is 0 Å². The van der Waals surface area contributed by atoms with Crippen LogP contribution < -0.4 is 4.74 Å². The standard InChI is InChI=1S/C20H23NO3S/c22-25(23,13-11-16-6-9-20-18(14-16)10-12-24-20)21(19-7-8-19)15-17-4-2-1-3-5-17/h1-6,9,14,19H,7-8,10-13,15H2. The molecule has 1 saturated carbocycles. The third-order valence-corrected chi connectivity index (χ3v) is 6.76. The Labute approximate surface area is 149 Å². The molecule has 0 N–H and O–H groups in total. The van der Waals surface area contributed by atoms with Gasteiger partial charge in [-0.3, -0.25) is 0 Å². The van der Waals surface area contributed by atoms with Gasteiger partial charge in [0.05, 0.1) is 12.4 Å². The highest BCUT2D eigenvalue weighted by molar-refractivity contribution is 7.89. The number of rotatable bonds is 7. The highest BCUT2D eigenvalue weighted by atomic mass is 32.2. The summed E-state index contributed by atoms with van der Waals surface area (Å²) in [5, 5.41) is 0. The van der Waals surface area contributed by atoms with Gasteiger partial charge in [-0.1, -0.05) is 42.5 Å². The van der Waals surface area contributed by atoms with Gasteiger partial charge >= 0.3 is 0 Å². The van der Waals surface area contributed by atoms with Gasteiger partial charge in [0, 0.05) is 19.0 Å². The van der Waals surface area contributed by atoms with Crippen molar-refractivity contribution in [3.05, 3.63) is 65.2 Å². The Morgan fingerprint density at radius 2 is 1.84 bits per heavy atom. The van der Waals surface area contributed by atoms with Crippen molar-refractivity contribution in [1.82, 2.24) is 4.31 Å². The van der Waals surface area contributed by atoms with E-state index >= 15 is 0 Å². The van der Waals surface area contributed by atoms with E-state index < -0.39 is 10.0 Å². The van der Waals surface area contributed by atoms with Gasteiger partial charge in [-0.15, -0.1) is 0 Å². The van der Waals surface area contributed by atoms with Crippen molar-refractivity contribution in [2.45, 2.75) is 38.3 Å². The maximum Gasteiger partial charge on any atom is 0.214 e. The van der Waals surface area contributed by atoms with Gasteiger partial charge in [0.15, 0.2) is 0 Å². The molecule has 2 aromatic carbocycles. The second-order valence-electron chi connectivity index (χ2n) is 6.87. The lowest BCUT2D eigenvalue weighted by atomic mass is 10.1. The Balaban J connectivity index is 1.45. The monoisotopic (exact) mass is 357 g/mol. The van der Waals surface area contributed by atoms with Crippen molar-refractivity contribution in [2.75, 3.05) is 12.4 Å². The van der Waals surface area contributed by atoms with Crippen LogP contribution in [-0.2, 0) is 29.4 Å². The normalized spacial score (nSPS) is 16.7. The number of aryl methyl sites for hydroxylation is 1. The summed E-state index contributed by atoms with van der Waals surface area (Å²) in [7, 11) is -3.27. The third kappa shape index (κ3) is 3.88. The molecule has 1 aliphatic carbocycles. The highest BCUT2D eigenvalue weighted by Crippen LogP contribution is 2.31. The minimum atomic E-state index is -3.27. The molecule has 0 saturated heterocycles. The molecular formula is C20H23NO3S. The van der Waals surface area contributed by atoms with E-state index in [0.717, 1.165) is 42.7 Å². The number of hydrogen-bond donors (Lipinski definition) is 0. The number of sulfonamides is 1. The number of ether oxygens (including phenoxy) is 1. The fraction of sp³-hybridized carbons (Fsp3) is 0.400. The van der Waals surface area contributed by atoms with Crippen molar-refractivity contribution in [2.24, 2.45) is 0 Å². The van der Waals surface area contributed by atoms with Gasteiger partial charge in [-0.05, 0) is 42.0 Å². The minimum absolute atomic E-state index is 0.163. The van der Waals surface area contributed by atoms with Gasteiger partial charge in [0.25, 0.3) is 0 Å². The molecule has 0 amide bonds. The Bertz CT molecular complexity index is 844. The molecular weight excluding hydrogens is 334 g/mol. The Kier molecular flexibility index (Phi) is 4.52. The molecule has 2 aromatic rings. The van der Waals surface area contributed by atoms with E-state index in [1.165, 1.54) is 5.56 Å². The number of hydrogen-bond acceptors (Lipinski definition) is 3. The van der Waals surface area contributed by atoms with Crippen molar-refractivity contribution in [3.63, 3.8) is 0 Å². The molecule has 1 fully saturated rings. The summed E-state index contributed by atoms with van der Waals surface area (Å²) in [6, 6.07) is 16.1. The van der Waals surface area contributed by atoms with E-state index in [2.05, 4.69) is 6.07 Å². The molecule has 0 spiro atoms. The van der Waals surface area contributed by atoms with E-state index in [0.29, 0.717) is 13.0 Å². The first-order chi connectivity index (χ1) is 12.1. The molecule has 25 heavy (non-hydrogen) atoms. The second-order valence-corrected chi connectivity index (χ2v) is 8.91. The second kappa shape index (κ2) is 6.81. The van der Waals surface area contributed by atoms with Crippen molar-refractivity contribution < 1.29 is 13.2 Å². The first kappa shape index (κ1) is 16.6. The van der Waals surface area contributed by atoms with Crippen LogP contribution in [0.2, 0.25) is 0 Å². The SMILES string of the molecule is O=S(=O)(CCc1ccc2c(c1)CCO2)N(Cc1ccccc1)C1CC1. The van der Waals surface area contributed by atoms with Crippen molar-refractivity contribution >= 4 is 10.0 Å². The van der Waals surface area contributed by atoms with Crippen LogP contribution in [0.3, 0.4) is 0 Å². The molecule has 4 nitrogen and oxygen atoms in total. The van der Waals surface area contributed by atoms with Gasteiger partial charge in [0.2, 0.25) is 10.0 Å². The van der Waals surface area contributed by atoms with E-state index in [9.17, 15) is 8.42 Å². The Morgan fingerprint density at radius 3 is 2.60 bits per heavy atom. The molecule has 1 aliphatic heterocycles. The highest BCUT2D eigenvalue weighted by Gasteiger charge is 2.36. The molecule has 4 rings (SSSR count). The van der Waals surface area contributed by atoms with E-state index in [-0.39, 0.29) is 11.8 Å². The van der Waals surface area contributed by atoms with Crippen LogP contribution in [0, 0.1) is 0 Å². The van der Waals surface area contributed by atoms with Crippen LogP contribution >= 0.6 is 0 Å². The van der Waals surface area contributed by atoms with E-state index in [4.69, 9.17) is 4.74 Å². The molecule has 0 unspecified atom stereocenters. The number of nitrogens with zero attached hydrogens (tertiary/aromatic N) is 1. The minimum Gasteiger partial charge on any atom is -0.493 e. The predicted molar refractivity (Wildman–Crippen MR) is 98.1 cm³/mol. The molecule has 0 bridgehead atoms. The van der Waals surface area contributed by atoms with Gasteiger partial charge in [-0.25, -0.2) is 8.42 Å². The van der Waals surface area contributed by atoms with E-state index in [1.54, 1.807) is 4.31 Å². The van der Waals surface area contributed by atoms with Crippen LogP contribution in [0.25, 0.3) is 0 Å². The van der Waals surface area contributed by atoms with Gasteiger partial charge in [0.1, 0.15) is 5.75 Å². The van der Waals surface area contributed by atoms with Crippen molar-refractivity contribution in [3.8, 4) is 5.75 Å². The van der Waals surface area contributed by atoms with Crippen LogP contribution in [-0.4, -0.2) is 31.1 Å². The molecule has 0 radical (unpaired) electrons. The van der Waals surface area contributed by atoms with Crippen LogP contribution in [0.1, 0.15) is 29.5 Å². The number of fused-ring (bicyclic) bond motifs is 1. The summed E-state index contributed by atoms with van der Waals surface area (Å²) in [4.78, 5) is 0. The quantitative estimate of drug-likeness (QED) is 0.765. The summed E-state index contributed by atoms with van der Waals surface area (Å²) >= 11 is 0. The van der Waals surface area contributed by atoms with Crippen molar-refractivity contribution in [1.29, 1.82) is 0 Å². The fourth-order valence-electron chi connectivity index (χ4n) is 3.34. The van der Waals surface area contributed by atoms with Gasteiger partial charge < -0.3 is 4.74 Å². The topological polar surface area (TPSA) is 46.6 Å². The zero-order chi connectivity index (χ0) is 17.3. The summed E-state index contributed by atoms with van der Waals surface area (Å²) in [6.45, 7) is 1.20. The average Bonchev–Trinajstić information content (AvgIpc) is 3.35. The predicted octanol–water partition coefficient (Wildman–Crippen LogP) is 3.16. The molecule has 0 aromatic heterocycles. The fourth-order valence-corrected chi connectivity index (χ4v) is 5.08. The van der Waals surface area contributed by atoms with E-state index in [1.807, 2.05) is 42.5 Å². The summed E-state index contributed by atoms with van der Waals surface area (Å²) in [5.41, 5.74) is 3.31. The molecule has 132 valence electrons. The van der Waals surface area contributed by atoms with Crippen LogP contribution in [0.15, 0.2) is 48.5 Å². The number of benzene rings is 2. The summed E-state index contributed by atoms with van der Waals surface area (Å²) in [6.07, 6.45) is 3.41. The Hall–Kier alpha value is -1.85. The maximum atomic E-state index is 12.9. The zero-order valence-corrected chi connectivity index (χ0v) is 15.0. The average molecular weight is 357 g/mol. The smallest absolute Gasteiger partial charge is 0.214 e. The zero-order valence-electron chi connectivity index (χ0n) is 14.2. The molecule has 2 aliphatic rings. The summed E-state index contributed by atoms with van der Waals surface area (Å²) < 4.78 is 33.1. The maximum absolute atomic E-state index is 12.9. The Morgan fingerprint density at radius 1 is 1.04 bits per heavy atom. The molecule has 0 atom stereocenters. The lowest BCUT2D eigenvalue weighted by Gasteiger charge is -2.22. The molecule has 5 heteroatoms. The first-order valence-electron chi connectivity index (χ1n) is 8.90. The lowest BCUT2D eigenvalue weighted by molar-refractivity contribution is 0.357. The summed E-state index contributed by atoms with van der Waals surface area (Å²) in [5.74, 6) is 1.10. The van der Waals surface area contributed by atoms with Gasteiger partial charge in [-0.2, -0.15) is 4.31 Å². The largest absolute Gasteiger partial charge is 0.493 e. The lowest BCUT2D eigenvalue weighted by Crippen LogP contribution is -2.35. The molecule has 1 heterocycles. The van der Waals surface area contributed by atoms with Crippen LogP contribution in [0.5, 0.6) is 5.75 Å².